The van der Waals surface area contributed by atoms with Crippen LogP contribution in [0.5, 0.6) is 0 Å². The zero-order valence-electron chi connectivity index (χ0n) is 10.4. The highest BCUT2D eigenvalue weighted by Crippen LogP contribution is 2.26. The van der Waals surface area contributed by atoms with Gasteiger partial charge in [-0.25, -0.2) is 0 Å². The van der Waals surface area contributed by atoms with Gasteiger partial charge in [0, 0.05) is 23.5 Å². The number of hydrogen-bond donors (Lipinski definition) is 3. The van der Waals surface area contributed by atoms with Gasteiger partial charge in [-0.05, 0) is 44.4 Å². The van der Waals surface area contributed by atoms with E-state index in [4.69, 9.17) is 10.8 Å². The van der Waals surface area contributed by atoms with Crippen LogP contribution in [0.1, 0.15) is 32.3 Å². The van der Waals surface area contributed by atoms with Gasteiger partial charge >= 0.3 is 0 Å². The third-order valence-electron chi connectivity index (χ3n) is 3.26. The molecular formula is C13H22N2O. The molecule has 0 radical (unpaired) electrons. The van der Waals surface area contributed by atoms with Gasteiger partial charge in [-0.2, -0.15) is 0 Å². The molecule has 0 aliphatic rings. The third kappa shape index (κ3) is 2.89. The van der Waals surface area contributed by atoms with Crippen LogP contribution in [0.4, 0.5) is 11.4 Å². The Morgan fingerprint density at radius 1 is 1.44 bits per heavy atom. The van der Waals surface area contributed by atoms with E-state index in [-0.39, 0.29) is 12.1 Å². The molecule has 0 aliphatic heterocycles. The van der Waals surface area contributed by atoms with E-state index >= 15 is 0 Å². The summed E-state index contributed by atoms with van der Waals surface area (Å²) in [6.07, 6.45) is 1.69. The van der Waals surface area contributed by atoms with Gasteiger partial charge in [0.1, 0.15) is 0 Å². The molecule has 4 N–H and O–H groups in total. The molecule has 0 saturated heterocycles. The van der Waals surface area contributed by atoms with Crippen LogP contribution in [0, 0.1) is 6.92 Å². The van der Waals surface area contributed by atoms with Crippen LogP contribution in [0.2, 0.25) is 0 Å². The molecule has 1 atom stereocenters. The van der Waals surface area contributed by atoms with Gasteiger partial charge in [0.2, 0.25) is 0 Å². The maximum Gasteiger partial charge on any atom is 0.0453 e. The van der Waals surface area contributed by atoms with Crippen molar-refractivity contribution in [2.24, 2.45) is 0 Å². The first kappa shape index (κ1) is 12.8. The Labute approximate surface area is 97.7 Å². The summed E-state index contributed by atoms with van der Waals surface area (Å²) in [6.45, 7) is 6.43. The van der Waals surface area contributed by atoms with E-state index in [0.717, 1.165) is 29.8 Å². The number of nitrogen functional groups attached to an aromatic ring is 1. The summed E-state index contributed by atoms with van der Waals surface area (Å²) >= 11 is 0. The maximum absolute atomic E-state index is 9.07. The van der Waals surface area contributed by atoms with E-state index in [1.807, 2.05) is 25.1 Å². The molecule has 0 saturated carbocycles. The molecule has 3 nitrogen and oxygen atoms in total. The summed E-state index contributed by atoms with van der Waals surface area (Å²) in [4.78, 5) is 0. The molecule has 90 valence electrons. The quantitative estimate of drug-likeness (QED) is 0.671. The highest BCUT2D eigenvalue weighted by atomic mass is 16.3. The van der Waals surface area contributed by atoms with E-state index < -0.39 is 0 Å². The number of hydrogen-bond acceptors (Lipinski definition) is 3. The summed E-state index contributed by atoms with van der Waals surface area (Å²) in [6, 6.07) is 5.87. The Balaban J connectivity index is 2.90. The van der Waals surface area contributed by atoms with E-state index in [1.165, 1.54) is 0 Å². The van der Waals surface area contributed by atoms with Gasteiger partial charge in [0.05, 0.1) is 0 Å². The van der Waals surface area contributed by atoms with Crippen LogP contribution in [-0.2, 0) is 0 Å². The van der Waals surface area contributed by atoms with Crippen LogP contribution < -0.4 is 11.1 Å². The zero-order valence-corrected chi connectivity index (χ0v) is 10.4. The Bertz CT molecular complexity index is 352. The summed E-state index contributed by atoms with van der Waals surface area (Å²) in [5.74, 6) is 0. The van der Waals surface area contributed by atoms with Gasteiger partial charge in [0.25, 0.3) is 0 Å². The Kier molecular flexibility index (Phi) is 4.19. The largest absolute Gasteiger partial charge is 0.398 e. The zero-order chi connectivity index (χ0) is 12.2. The predicted molar refractivity (Wildman–Crippen MR) is 69.6 cm³/mol. The predicted octanol–water partition coefficient (Wildman–Crippen LogP) is 2.54. The molecule has 0 aromatic heterocycles. The molecule has 1 aromatic rings. The van der Waals surface area contributed by atoms with Crippen LogP contribution in [0.3, 0.4) is 0 Å². The fraction of sp³-hybridized carbons (Fsp3) is 0.538. The van der Waals surface area contributed by atoms with E-state index in [2.05, 4.69) is 19.2 Å². The van der Waals surface area contributed by atoms with Crippen LogP contribution >= 0.6 is 0 Å². The number of nitrogens with two attached hydrogens (primary N) is 1. The van der Waals surface area contributed by atoms with Gasteiger partial charge in [0.15, 0.2) is 0 Å². The van der Waals surface area contributed by atoms with Crippen molar-refractivity contribution in [3.8, 4) is 0 Å². The minimum Gasteiger partial charge on any atom is -0.398 e. The monoisotopic (exact) mass is 222 g/mol. The lowest BCUT2D eigenvalue weighted by Crippen LogP contribution is -2.35. The summed E-state index contributed by atoms with van der Waals surface area (Å²) in [7, 11) is 0. The number of nitrogens with one attached hydrogen (secondary N) is 1. The highest BCUT2D eigenvalue weighted by molar-refractivity contribution is 5.63. The molecule has 1 rings (SSSR count). The van der Waals surface area contributed by atoms with Crippen LogP contribution in [-0.4, -0.2) is 17.3 Å². The van der Waals surface area contributed by atoms with Crippen LogP contribution in [0.15, 0.2) is 18.2 Å². The van der Waals surface area contributed by atoms with Crippen molar-refractivity contribution in [1.82, 2.24) is 0 Å². The first-order valence-electron chi connectivity index (χ1n) is 5.76. The molecule has 1 unspecified atom stereocenters. The normalized spacial score (nSPS) is 14.5. The average Bonchev–Trinajstić information content (AvgIpc) is 2.25. The molecule has 1 aromatic carbocycles. The molecule has 0 spiro atoms. The first-order valence-corrected chi connectivity index (χ1v) is 5.76. The molecule has 0 fully saturated rings. The number of aliphatic hydroxyl groups excluding tert-OH is 1. The Morgan fingerprint density at radius 2 is 2.12 bits per heavy atom. The smallest absolute Gasteiger partial charge is 0.0453 e. The Hall–Kier alpha value is -1.22. The number of rotatable bonds is 5. The summed E-state index contributed by atoms with van der Waals surface area (Å²) in [5.41, 5.74) is 8.71. The van der Waals surface area contributed by atoms with E-state index in [0.29, 0.717) is 0 Å². The second-order valence-corrected chi connectivity index (χ2v) is 4.53. The molecule has 0 bridgehead atoms. The SMILES string of the molecule is CCC(C)(CCO)Nc1cccc(N)c1C. The third-order valence-corrected chi connectivity index (χ3v) is 3.26. The first-order chi connectivity index (χ1) is 7.52. The van der Waals surface area contributed by atoms with Gasteiger partial charge in [-0.1, -0.05) is 13.0 Å². The second-order valence-electron chi connectivity index (χ2n) is 4.53. The lowest BCUT2D eigenvalue weighted by molar-refractivity contribution is 0.252. The van der Waals surface area contributed by atoms with Gasteiger partial charge in [-0.15, -0.1) is 0 Å². The molecule has 16 heavy (non-hydrogen) atoms. The summed E-state index contributed by atoms with van der Waals surface area (Å²) < 4.78 is 0. The minimum atomic E-state index is -0.0761. The van der Waals surface area contributed by atoms with Crippen molar-refractivity contribution in [3.63, 3.8) is 0 Å². The van der Waals surface area contributed by atoms with Crippen molar-refractivity contribution in [2.45, 2.75) is 39.2 Å². The standard InChI is InChI=1S/C13H22N2O/c1-4-13(3,8-9-16)15-12-7-5-6-11(14)10(12)2/h5-7,15-16H,4,8-9,14H2,1-3H3. The Morgan fingerprint density at radius 3 is 2.69 bits per heavy atom. The number of anilines is 2. The molecule has 0 amide bonds. The highest BCUT2D eigenvalue weighted by Gasteiger charge is 2.21. The molecule has 0 heterocycles. The molecule has 0 aliphatic carbocycles. The second kappa shape index (κ2) is 5.21. The number of benzene rings is 1. The number of aliphatic hydroxyl groups is 1. The van der Waals surface area contributed by atoms with Gasteiger partial charge in [-0.3, -0.25) is 0 Å². The minimum absolute atomic E-state index is 0.0761. The lowest BCUT2D eigenvalue weighted by atomic mass is 9.94. The van der Waals surface area contributed by atoms with Crippen molar-refractivity contribution in [3.05, 3.63) is 23.8 Å². The van der Waals surface area contributed by atoms with E-state index in [9.17, 15) is 0 Å². The topological polar surface area (TPSA) is 58.3 Å². The fourth-order valence-corrected chi connectivity index (χ4v) is 1.69. The lowest BCUT2D eigenvalue weighted by Gasteiger charge is -2.31. The van der Waals surface area contributed by atoms with Crippen molar-refractivity contribution in [1.29, 1.82) is 0 Å². The average molecular weight is 222 g/mol. The van der Waals surface area contributed by atoms with Gasteiger partial charge < -0.3 is 16.2 Å². The molecule has 3 heteroatoms. The maximum atomic E-state index is 9.07. The fourth-order valence-electron chi connectivity index (χ4n) is 1.69. The van der Waals surface area contributed by atoms with E-state index in [1.54, 1.807) is 0 Å². The van der Waals surface area contributed by atoms with Crippen LogP contribution in [0.25, 0.3) is 0 Å². The van der Waals surface area contributed by atoms with Crippen molar-refractivity contribution in [2.75, 3.05) is 17.7 Å². The van der Waals surface area contributed by atoms with Crippen molar-refractivity contribution >= 4 is 11.4 Å². The van der Waals surface area contributed by atoms with Crippen molar-refractivity contribution < 1.29 is 5.11 Å². The molecular weight excluding hydrogens is 200 g/mol. The summed E-state index contributed by atoms with van der Waals surface area (Å²) in [5, 5.41) is 12.5.